The topological polar surface area (TPSA) is 71.3 Å². The molecule has 120 valence electrons. The van der Waals surface area contributed by atoms with Crippen LogP contribution in [0.25, 0.3) is 0 Å². The highest BCUT2D eigenvalue weighted by atomic mass is 35.5. The molecule has 2 aromatic rings. The van der Waals surface area contributed by atoms with Crippen LogP contribution in [-0.2, 0) is 9.59 Å². The molecule has 0 unspecified atom stereocenters. The summed E-state index contributed by atoms with van der Waals surface area (Å²) in [5.41, 5.74) is 0.688. The fourth-order valence-corrected chi connectivity index (χ4v) is 3.60. The Bertz CT molecular complexity index is 733. The van der Waals surface area contributed by atoms with Gasteiger partial charge in [0.25, 0.3) is 0 Å². The van der Waals surface area contributed by atoms with Crippen LogP contribution in [0.5, 0.6) is 0 Å². The first-order chi connectivity index (χ1) is 11.0. The molecule has 1 aromatic carbocycles. The van der Waals surface area contributed by atoms with E-state index in [1.54, 1.807) is 30.5 Å². The Balaban J connectivity index is 1.63. The SMILES string of the molecule is C[C@@H](NC(=O)C[C@H]1Sc2ccc(Cl)cc2NC1=O)c1ccco1. The number of benzene rings is 1. The summed E-state index contributed by atoms with van der Waals surface area (Å²) in [6.07, 6.45) is 1.66. The van der Waals surface area contributed by atoms with E-state index in [2.05, 4.69) is 10.6 Å². The van der Waals surface area contributed by atoms with Gasteiger partial charge in [0.15, 0.2) is 0 Å². The molecule has 1 aliphatic rings. The summed E-state index contributed by atoms with van der Waals surface area (Å²) in [7, 11) is 0. The second kappa shape index (κ2) is 6.68. The fraction of sp³-hybridized carbons (Fsp3) is 0.250. The molecule has 5 nitrogen and oxygen atoms in total. The molecular weight excluding hydrogens is 336 g/mol. The van der Waals surface area contributed by atoms with Crippen LogP contribution in [0.4, 0.5) is 5.69 Å². The zero-order valence-corrected chi connectivity index (χ0v) is 13.9. The number of halogens is 1. The average molecular weight is 351 g/mol. The van der Waals surface area contributed by atoms with Crippen molar-refractivity contribution in [3.8, 4) is 0 Å². The van der Waals surface area contributed by atoms with Crippen molar-refractivity contribution < 1.29 is 14.0 Å². The summed E-state index contributed by atoms with van der Waals surface area (Å²) in [4.78, 5) is 25.2. The summed E-state index contributed by atoms with van der Waals surface area (Å²) >= 11 is 7.29. The third-order valence-electron chi connectivity index (χ3n) is 3.48. The number of hydrogen-bond donors (Lipinski definition) is 2. The third-order valence-corrected chi connectivity index (χ3v) is 4.99. The van der Waals surface area contributed by atoms with Gasteiger partial charge in [-0.15, -0.1) is 11.8 Å². The summed E-state index contributed by atoms with van der Waals surface area (Å²) in [5.74, 6) is 0.295. The van der Waals surface area contributed by atoms with E-state index in [4.69, 9.17) is 16.0 Å². The molecule has 0 fully saturated rings. The van der Waals surface area contributed by atoms with E-state index in [0.29, 0.717) is 16.5 Å². The minimum Gasteiger partial charge on any atom is -0.467 e. The maximum atomic E-state index is 12.2. The second-order valence-electron chi connectivity index (χ2n) is 5.24. The predicted molar refractivity (Wildman–Crippen MR) is 89.6 cm³/mol. The number of nitrogens with one attached hydrogen (secondary N) is 2. The van der Waals surface area contributed by atoms with E-state index in [-0.39, 0.29) is 24.3 Å². The van der Waals surface area contributed by atoms with Gasteiger partial charge in [0, 0.05) is 16.3 Å². The van der Waals surface area contributed by atoms with Crippen molar-refractivity contribution in [2.45, 2.75) is 29.5 Å². The van der Waals surface area contributed by atoms with Gasteiger partial charge in [-0.1, -0.05) is 11.6 Å². The normalized spacial score (nSPS) is 18.0. The van der Waals surface area contributed by atoms with Gasteiger partial charge >= 0.3 is 0 Å². The highest BCUT2D eigenvalue weighted by Crippen LogP contribution is 2.38. The van der Waals surface area contributed by atoms with Crippen LogP contribution in [0.2, 0.25) is 5.02 Å². The summed E-state index contributed by atoms with van der Waals surface area (Å²) in [6, 6.07) is 8.65. The van der Waals surface area contributed by atoms with Crippen molar-refractivity contribution in [1.29, 1.82) is 0 Å². The highest BCUT2D eigenvalue weighted by Gasteiger charge is 2.29. The number of fused-ring (bicyclic) bond motifs is 1. The number of furan rings is 1. The van der Waals surface area contributed by atoms with Crippen molar-refractivity contribution in [2.24, 2.45) is 0 Å². The Morgan fingerprint density at radius 2 is 2.30 bits per heavy atom. The van der Waals surface area contributed by atoms with Gasteiger partial charge in [-0.05, 0) is 37.3 Å². The first kappa shape index (κ1) is 16.0. The molecule has 0 radical (unpaired) electrons. The van der Waals surface area contributed by atoms with Gasteiger partial charge in [0.1, 0.15) is 5.76 Å². The van der Waals surface area contributed by atoms with Gasteiger partial charge in [-0.2, -0.15) is 0 Å². The van der Waals surface area contributed by atoms with Crippen molar-refractivity contribution in [1.82, 2.24) is 5.32 Å². The highest BCUT2D eigenvalue weighted by molar-refractivity contribution is 8.01. The summed E-state index contributed by atoms with van der Waals surface area (Å²) in [5, 5.41) is 5.73. The van der Waals surface area contributed by atoms with Gasteiger partial charge in [-0.3, -0.25) is 9.59 Å². The van der Waals surface area contributed by atoms with Crippen molar-refractivity contribution in [2.75, 3.05) is 5.32 Å². The molecule has 7 heteroatoms. The number of carbonyl (C=O) groups excluding carboxylic acids is 2. The molecule has 0 bridgehead atoms. The monoisotopic (exact) mass is 350 g/mol. The minimum atomic E-state index is -0.465. The molecule has 1 aliphatic heterocycles. The molecule has 0 spiro atoms. The smallest absolute Gasteiger partial charge is 0.238 e. The summed E-state index contributed by atoms with van der Waals surface area (Å²) < 4.78 is 5.25. The standard InChI is InChI=1S/C16H15ClN2O3S/c1-9(12-3-2-6-22-12)18-15(20)8-14-16(21)19-11-7-10(17)4-5-13(11)23-14/h2-7,9,14H,8H2,1H3,(H,18,20)(H,19,21)/t9-,14-/m1/s1. The molecule has 3 rings (SSSR count). The van der Waals surface area contributed by atoms with Crippen LogP contribution >= 0.6 is 23.4 Å². The molecule has 2 heterocycles. The van der Waals surface area contributed by atoms with E-state index >= 15 is 0 Å². The maximum absolute atomic E-state index is 12.2. The number of thioether (sulfide) groups is 1. The molecule has 0 saturated carbocycles. The second-order valence-corrected chi connectivity index (χ2v) is 6.93. The minimum absolute atomic E-state index is 0.101. The quantitative estimate of drug-likeness (QED) is 0.883. The van der Waals surface area contributed by atoms with E-state index in [1.165, 1.54) is 11.8 Å². The number of hydrogen-bond acceptors (Lipinski definition) is 4. The Kier molecular flexibility index (Phi) is 4.63. The van der Waals surface area contributed by atoms with Crippen molar-refractivity contribution in [3.63, 3.8) is 0 Å². The van der Waals surface area contributed by atoms with Gasteiger partial charge < -0.3 is 15.1 Å². The molecule has 2 atom stereocenters. The van der Waals surface area contributed by atoms with Crippen LogP contribution in [0.3, 0.4) is 0 Å². The molecule has 0 saturated heterocycles. The molecule has 0 aliphatic carbocycles. The van der Waals surface area contributed by atoms with Crippen molar-refractivity contribution in [3.05, 3.63) is 47.4 Å². The third kappa shape index (κ3) is 3.71. The Hall–Kier alpha value is -1.92. The number of carbonyl (C=O) groups is 2. The molecule has 23 heavy (non-hydrogen) atoms. The number of amides is 2. The fourth-order valence-electron chi connectivity index (χ4n) is 2.33. The first-order valence-corrected chi connectivity index (χ1v) is 8.38. The lowest BCUT2D eigenvalue weighted by atomic mass is 10.2. The van der Waals surface area contributed by atoms with Crippen LogP contribution in [0, 0.1) is 0 Å². The van der Waals surface area contributed by atoms with E-state index in [0.717, 1.165) is 4.90 Å². The average Bonchev–Trinajstić information content (AvgIpc) is 3.02. The molecule has 1 aromatic heterocycles. The largest absolute Gasteiger partial charge is 0.467 e. The first-order valence-electron chi connectivity index (χ1n) is 7.13. The van der Waals surface area contributed by atoms with Crippen LogP contribution in [-0.4, -0.2) is 17.1 Å². The zero-order chi connectivity index (χ0) is 16.4. The lowest BCUT2D eigenvalue weighted by Crippen LogP contribution is -2.35. The Morgan fingerprint density at radius 3 is 3.04 bits per heavy atom. The van der Waals surface area contributed by atoms with Crippen LogP contribution < -0.4 is 10.6 Å². The van der Waals surface area contributed by atoms with Crippen LogP contribution in [0.1, 0.15) is 25.1 Å². The summed E-state index contributed by atoms with van der Waals surface area (Å²) in [6.45, 7) is 1.84. The van der Waals surface area contributed by atoms with Gasteiger partial charge in [0.05, 0.1) is 23.2 Å². The van der Waals surface area contributed by atoms with E-state index in [1.807, 2.05) is 13.0 Å². The zero-order valence-electron chi connectivity index (χ0n) is 12.3. The Labute approximate surface area is 142 Å². The Morgan fingerprint density at radius 1 is 1.48 bits per heavy atom. The van der Waals surface area contributed by atoms with Gasteiger partial charge in [0.2, 0.25) is 11.8 Å². The van der Waals surface area contributed by atoms with E-state index in [9.17, 15) is 9.59 Å². The van der Waals surface area contributed by atoms with Crippen LogP contribution in [0.15, 0.2) is 45.9 Å². The van der Waals surface area contributed by atoms with Gasteiger partial charge in [-0.25, -0.2) is 0 Å². The lowest BCUT2D eigenvalue weighted by molar-refractivity contribution is -0.124. The van der Waals surface area contributed by atoms with E-state index < -0.39 is 5.25 Å². The molecule has 2 amide bonds. The maximum Gasteiger partial charge on any atom is 0.238 e. The molecule has 2 N–H and O–H groups in total. The molecular formula is C16H15ClN2O3S. The van der Waals surface area contributed by atoms with Crippen molar-refractivity contribution >= 4 is 40.9 Å². The number of anilines is 1. The number of rotatable bonds is 4. The lowest BCUT2D eigenvalue weighted by Gasteiger charge is -2.24. The predicted octanol–water partition coefficient (Wildman–Crippen LogP) is 3.61.